The molecule has 0 saturated carbocycles. The third-order valence-corrected chi connectivity index (χ3v) is 11.8. The van der Waals surface area contributed by atoms with Crippen molar-refractivity contribution in [2.75, 3.05) is 13.2 Å². The molecule has 0 bridgehead atoms. The zero-order valence-electron chi connectivity index (χ0n) is 20.4. The number of aryl methyl sites for hydroxylation is 1. The molecule has 3 aromatic rings. The molecule has 0 saturated heterocycles. The SMILES string of the molecule is Cc1ccccc1C1=CC(CO[Si](c2ccccc2)(c2ccccc2)C(C)(C)C)N(C(=O)O)C1. The van der Waals surface area contributed by atoms with Crippen LogP contribution in [0.3, 0.4) is 0 Å². The van der Waals surface area contributed by atoms with Crippen LogP contribution in [0.4, 0.5) is 4.79 Å². The van der Waals surface area contributed by atoms with Crippen molar-refractivity contribution in [2.45, 2.75) is 38.8 Å². The minimum Gasteiger partial charge on any atom is -0.465 e. The standard InChI is InChI=1S/C29H33NO3Si/c1-22-13-11-12-18-27(22)23-19-24(30(20-23)28(31)32)21-33-34(29(2,3)4,25-14-7-5-8-15-25)26-16-9-6-10-17-26/h5-19,24H,20-21H2,1-4H3,(H,31,32). The van der Waals surface area contributed by atoms with Crippen LogP contribution in [0.1, 0.15) is 31.9 Å². The third-order valence-electron chi connectivity index (χ3n) is 6.76. The summed E-state index contributed by atoms with van der Waals surface area (Å²) >= 11 is 0. The Morgan fingerprint density at radius 2 is 1.47 bits per heavy atom. The molecule has 1 N–H and O–H groups in total. The third kappa shape index (κ3) is 4.46. The first-order chi connectivity index (χ1) is 16.2. The smallest absolute Gasteiger partial charge is 0.408 e. The van der Waals surface area contributed by atoms with E-state index < -0.39 is 14.4 Å². The molecule has 1 aliphatic heterocycles. The van der Waals surface area contributed by atoms with Gasteiger partial charge in [-0.1, -0.05) is 112 Å². The predicted molar refractivity (Wildman–Crippen MR) is 141 cm³/mol. The second-order valence-corrected chi connectivity index (χ2v) is 14.3. The Kier molecular flexibility index (Phi) is 6.78. The average Bonchev–Trinajstić information content (AvgIpc) is 3.25. The van der Waals surface area contributed by atoms with Crippen LogP contribution in [0.25, 0.3) is 5.57 Å². The molecule has 4 rings (SSSR count). The summed E-state index contributed by atoms with van der Waals surface area (Å²) in [6, 6.07) is 28.7. The van der Waals surface area contributed by atoms with Crippen LogP contribution in [0.2, 0.25) is 5.04 Å². The van der Waals surface area contributed by atoms with Gasteiger partial charge in [0.05, 0.1) is 19.2 Å². The lowest BCUT2D eigenvalue weighted by Gasteiger charge is -2.43. The van der Waals surface area contributed by atoms with Crippen molar-refractivity contribution < 1.29 is 14.3 Å². The van der Waals surface area contributed by atoms with Crippen molar-refractivity contribution in [2.24, 2.45) is 0 Å². The number of hydrogen-bond acceptors (Lipinski definition) is 2. The molecule has 4 nitrogen and oxygen atoms in total. The maximum atomic E-state index is 12.2. The summed E-state index contributed by atoms with van der Waals surface area (Å²) in [5.41, 5.74) is 3.28. The Morgan fingerprint density at radius 1 is 0.941 bits per heavy atom. The molecular formula is C29H33NO3Si. The van der Waals surface area contributed by atoms with E-state index in [1.165, 1.54) is 15.3 Å². The fourth-order valence-corrected chi connectivity index (χ4v) is 9.68. The van der Waals surface area contributed by atoms with Gasteiger partial charge in [-0.15, -0.1) is 0 Å². The van der Waals surface area contributed by atoms with Crippen LogP contribution in [0, 0.1) is 6.92 Å². The summed E-state index contributed by atoms with van der Waals surface area (Å²) in [6.45, 7) is 9.45. The van der Waals surface area contributed by atoms with Crippen molar-refractivity contribution in [3.05, 3.63) is 102 Å². The topological polar surface area (TPSA) is 49.8 Å². The summed E-state index contributed by atoms with van der Waals surface area (Å²) in [5.74, 6) is 0. The lowest BCUT2D eigenvalue weighted by Crippen LogP contribution is -2.67. The highest BCUT2D eigenvalue weighted by molar-refractivity contribution is 6.99. The number of amides is 1. The van der Waals surface area contributed by atoms with Crippen molar-refractivity contribution in [1.82, 2.24) is 4.90 Å². The van der Waals surface area contributed by atoms with Crippen LogP contribution in [-0.4, -0.2) is 43.6 Å². The second-order valence-electron chi connectivity index (χ2n) is 9.96. The molecule has 176 valence electrons. The van der Waals surface area contributed by atoms with Gasteiger partial charge in [0, 0.05) is 0 Å². The highest BCUT2D eigenvalue weighted by Crippen LogP contribution is 2.37. The maximum absolute atomic E-state index is 12.2. The number of hydrogen-bond donors (Lipinski definition) is 1. The predicted octanol–water partition coefficient (Wildman–Crippen LogP) is 5.32. The van der Waals surface area contributed by atoms with Gasteiger partial charge in [0.1, 0.15) is 0 Å². The van der Waals surface area contributed by atoms with E-state index in [9.17, 15) is 9.90 Å². The van der Waals surface area contributed by atoms with Gasteiger partial charge >= 0.3 is 6.09 Å². The molecule has 1 atom stereocenters. The van der Waals surface area contributed by atoms with Gasteiger partial charge in [-0.05, 0) is 39.0 Å². The van der Waals surface area contributed by atoms with Crippen molar-refractivity contribution in [3.8, 4) is 0 Å². The molecule has 0 aromatic heterocycles. The average molecular weight is 472 g/mol. The van der Waals surface area contributed by atoms with E-state index in [1.54, 1.807) is 0 Å². The number of carbonyl (C=O) groups is 1. The highest BCUT2D eigenvalue weighted by atomic mass is 28.4. The van der Waals surface area contributed by atoms with E-state index in [0.29, 0.717) is 13.2 Å². The zero-order chi connectivity index (χ0) is 24.3. The molecule has 0 spiro atoms. The molecule has 0 fully saturated rings. The van der Waals surface area contributed by atoms with Gasteiger partial charge < -0.3 is 9.53 Å². The van der Waals surface area contributed by atoms with Gasteiger partial charge in [0.25, 0.3) is 8.32 Å². The fraction of sp³-hybridized carbons (Fsp3) is 0.276. The lowest BCUT2D eigenvalue weighted by molar-refractivity contribution is 0.128. The van der Waals surface area contributed by atoms with Gasteiger partial charge in [0.15, 0.2) is 0 Å². The molecule has 0 radical (unpaired) electrons. The molecule has 1 amide bonds. The summed E-state index contributed by atoms with van der Waals surface area (Å²) in [7, 11) is -2.74. The van der Waals surface area contributed by atoms with Crippen LogP contribution >= 0.6 is 0 Å². The summed E-state index contributed by atoms with van der Waals surface area (Å²) in [5, 5.41) is 12.2. The minimum atomic E-state index is -2.74. The van der Waals surface area contributed by atoms with Crippen molar-refractivity contribution >= 4 is 30.4 Å². The van der Waals surface area contributed by atoms with E-state index in [2.05, 4.69) is 94.4 Å². The van der Waals surface area contributed by atoms with E-state index >= 15 is 0 Å². The molecule has 3 aromatic carbocycles. The van der Waals surface area contributed by atoms with Crippen LogP contribution in [-0.2, 0) is 4.43 Å². The summed E-state index contributed by atoms with van der Waals surface area (Å²) in [6.07, 6.45) is 1.16. The molecular weight excluding hydrogens is 438 g/mol. The molecule has 1 aliphatic rings. The zero-order valence-corrected chi connectivity index (χ0v) is 21.4. The highest BCUT2D eigenvalue weighted by Gasteiger charge is 2.50. The number of carboxylic acid groups (broad SMARTS) is 1. The first-order valence-corrected chi connectivity index (χ1v) is 13.7. The van der Waals surface area contributed by atoms with Crippen LogP contribution in [0.15, 0.2) is 91.0 Å². The lowest BCUT2D eigenvalue weighted by atomic mass is 10.0. The molecule has 1 heterocycles. The van der Waals surface area contributed by atoms with Gasteiger partial charge in [-0.3, -0.25) is 4.90 Å². The Hall–Kier alpha value is -3.15. The quantitative estimate of drug-likeness (QED) is 0.495. The van der Waals surface area contributed by atoms with Crippen molar-refractivity contribution in [3.63, 3.8) is 0 Å². The number of rotatable bonds is 6. The van der Waals surface area contributed by atoms with Crippen LogP contribution < -0.4 is 10.4 Å². The van der Waals surface area contributed by atoms with E-state index in [0.717, 1.165) is 16.7 Å². The van der Waals surface area contributed by atoms with E-state index in [-0.39, 0.29) is 11.1 Å². The Bertz CT molecular complexity index is 1130. The van der Waals surface area contributed by atoms with E-state index in [4.69, 9.17) is 4.43 Å². The molecule has 1 unspecified atom stereocenters. The minimum absolute atomic E-state index is 0.162. The number of benzene rings is 3. The second kappa shape index (κ2) is 9.61. The molecule has 0 aliphatic carbocycles. The monoisotopic (exact) mass is 471 g/mol. The molecule has 5 heteroatoms. The van der Waals surface area contributed by atoms with Gasteiger partial charge in [0.2, 0.25) is 0 Å². The Morgan fingerprint density at radius 3 is 1.97 bits per heavy atom. The Balaban J connectivity index is 1.75. The first-order valence-electron chi connectivity index (χ1n) is 11.8. The normalized spacial score (nSPS) is 16.4. The maximum Gasteiger partial charge on any atom is 0.408 e. The van der Waals surface area contributed by atoms with Crippen LogP contribution in [0.5, 0.6) is 0 Å². The molecule has 34 heavy (non-hydrogen) atoms. The first kappa shape index (κ1) is 24.0. The largest absolute Gasteiger partial charge is 0.465 e. The summed E-state index contributed by atoms with van der Waals surface area (Å²) < 4.78 is 7.03. The summed E-state index contributed by atoms with van der Waals surface area (Å²) in [4.78, 5) is 13.7. The number of nitrogens with zero attached hydrogens (tertiary/aromatic N) is 1. The van der Waals surface area contributed by atoms with Gasteiger partial charge in [-0.2, -0.15) is 0 Å². The Labute approximate surface area is 203 Å². The van der Waals surface area contributed by atoms with Gasteiger partial charge in [-0.25, -0.2) is 4.79 Å². The van der Waals surface area contributed by atoms with E-state index in [1.807, 2.05) is 24.3 Å². The van der Waals surface area contributed by atoms with Crippen molar-refractivity contribution in [1.29, 1.82) is 0 Å². The fourth-order valence-electron chi connectivity index (χ4n) is 5.10.